The van der Waals surface area contributed by atoms with E-state index in [-0.39, 0.29) is 6.04 Å². The Bertz CT molecular complexity index is 637. The molecule has 2 nitrogen and oxygen atoms in total. The molecule has 0 saturated heterocycles. The first-order valence-corrected chi connectivity index (χ1v) is 6.90. The van der Waals surface area contributed by atoms with E-state index in [4.69, 9.17) is 11.6 Å². The molecule has 0 saturated carbocycles. The summed E-state index contributed by atoms with van der Waals surface area (Å²) in [5.41, 5.74) is 3.34. The van der Waals surface area contributed by atoms with Gasteiger partial charge in [0.2, 0.25) is 0 Å². The molecule has 0 spiro atoms. The summed E-state index contributed by atoms with van der Waals surface area (Å²) in [6.07, 6.45) is 2.12. The lowest BCUT2D eigenvalue weighted by Gasteiger charge is -2.22. The number of hydrogen-bond donors (Lipinski definition) is 0. The number of hydrogen-bond acceptors (Lipinski definition) is 1. The first kappa shape index (κ1) is 12.9. The van der Waals surface area contributed by atoms with Gasteiger partial charge < -0.3 is 4.90 Å². The largest absolute Gasteiger partial charge is 0.317 e. The summed E-state index contributed by atoms with van der Waals surface area (Å²) in [4.78, 5) is 13.3. The Morgan fingerprint density at radius 1 is 1.00 bits per heavy atom. The summed E-state index contributed by atoms with van der Waals surface area (Å²) in [6.45, 7) is 0.548. The Kier molecular flexibility index (Phi) is 3.57. The molecule has 0 radical (unpaired) electrons. The lowest BCUT2D eigenvalue weighted by molar-refractivity contribution is 0.222. The molecule has 1 amide bonds. The van der Waals surface area contributed by atoms with Crippen molar-refractivity contribution in [2.75, 3.05) is 6.54 Å². The van der Waals surface area contributed by atoms with Crippen LogP contribution in [0.1, 0.15) is 17.2 Å². The number of rotatable bonds is 2. The van der Waals surface area contributed by atoms with Crippen LogP contribution in [0.15, 0.2) is 66.7 Å². The van der Waals surface area contributed by atoms with Gasteiger partial charge >= 0.3 is 5.37 Å². The van der Waals surface area contributed by atoms with E-state index >= 15 is 0 Å². The maximum atomic E-state index is 11.7. The molecule has 2 aromatic carbocycles. The van der Waals surface area contributed by atoms with E-state index in [1.807, 2.05) is 48.5 Å². The van der Waals surface area contributed by atoms with Crippen LogP contribution in [0.2, 0.25) is 0 Å². The molecule has 0 aromatic heterocycles. The lowest BCUT2D eigenvalue weighted by atomic mass is 10.0. The van der Waals surface area contributed by atoms with Crippen molar-refractivity contribution < 1.29 is 4.79 Å². The third-order valence-corrected chi connectivity index (χ3v) is 3.76. The highest BCUT2D eigenvalue weighted by Crippen LogP contribution is 2.35. The molecule has 3 heteroatoms. The van der Waals surface area contributed by atoms with Crippen LogP contribution < -0.4 is 0 Å². The molecule has 0 unspecified atom stereocenters. The van der Waals surface area contributed by atoms with Crippen LogP contribution >= 0.6 is 11.6 Å². The fourth-order valence-electron chi connectivity index (χ4n) is 2.55. The number of carbonyl (C=O) groups excluding carboxylic acids is 1. The van der Waals surface area contributed by atoms with Crippen LogP contribution in [0.3, 0.4) is 0 Å². The molecule has 0 aliphatic carbocycles. The molecule has 1 aliphatic rings. The summed E-state index contributed by atoms with van der Waals surface area (Å²) < 4.78 is 0. The van der Waals surface area contributed by atoms with E-state index in [0.717, 1.165) is 16.7 Å². The topological polar surface area (TPSA) is 20.3 Å². The molecule has 1 aliphatic heterocycles. The molecule has 2 aromatic rings. The van der Waals surface area contributed by atoms with Crippen molar-refractivity contribution in [2.24, 2.45) is 0 Å². The van der Waals surface area contributed by atoms with E-state index in [9.17, 15) is 4.79 Å². The summed E-state index contributed by atoms with van der Waals surface area (Å²) in [5.74, 6) is 0. The molecule has 0 fully saturated rings. The molecule has 0 bridgehead atoms. The Labute approximate surface area is 123 Å². The van der Waals surface area contributed by atoms with Crippen LogP contribution in [0.25, 0.3) is 5.57 Å². The van der Waals surface area contributed by atoms with Gasteiger partial charge in [-0.15, -0.1) is 0 Å². The van der Waals surface area contributed by atoms with E-state index in [1.54, 1.807) is 4.90 Å². The third-order valence-electron chi connectivity index (χ3n) is 3.55. The van der Waals surface area contributed by atoms with Crippen molar-refractivity contribution in [1.82, 2.24) is 4.90 Å². The average Bonchev–Trinajstić information content (AvgIpc) is 2.94. The fourth-order valence-corrected chi connectivity index (χ4v) is 2.72. The molecule has 0 N–H and O–H groups in total. The summed E-state index contributed by atoms with van der Waals surface area (Å²) >= 11 is 5.74. The van der Waals surface area contributed by atoms with Crippen LogP contribution in [-0.2, 0) is 0 Å². The van der Waals surface area contributed by atoms with Crippen molar-refractivity contribution in [3.05, 3.63) is 77.9 Å². The maximum Gasteiger partial charge on any atom is 0.317 e. The number of halogens is 1. The molecular formula is C17H14ClNO. The van der Waals surface area contributed by atoms with E-state index < -0.39 is 5.37 Å². The molecule has 20 heavy (non-hydrogen) atoms. The predicted molar refractivity (Wildman–Crippen MR) is 81.6 cm³/mol. The highest BCUT2D eigenvalue weighted by Gasteiger charge is 2.29. The van der Waals surface area contributed by atoms with E-state index in [0.29, 0.717) is 6.54 Å². The molecular weight excluding hydrogens is 270 g/mol. The zero-order valence-electron chi connectivity index (χ0n) is 10.9. The minimum Gasteiger partial charge on any atom is -0.314 e. The summed E-state index contributed by atoms with van der Waals surface area (Å²) in [7, 11) is 0. The smallest absolute Gasteiger partial charge is 0.314 e. The minimum atomic E-state index is -0.416. The third kappa shape index (κ3) is 2.47. The van der Waals surface area contributed by atoms with Gasteiger partial charge in [-0.1, -0.05) is 66.7 Å². The van der Waals surface area contributed by atoms with Crippen LogP contribution in [0.4, 0.5) is 4.79 Å². The monoisotopic (exact) mass is 283 g/mol. The second-order valence-corrected chi connectivity index (χ2v) is 5.12. The van der Waals surface area contributed by atoms with Crippen molar-refractivity contribution >= 4 is 22.5 Å². The van der Waals surface area contributed by atoms with Gasteiger partial charge in [-0.25, -0.2) is 0 Å². The van der Waals surface area contributed by atoms with E-state index in [1.165, 1.54) is 0 Å². The second kappa shape index (κ2) is 5.51. The first-order valence-electron chi connectivity index (χ1n) is 6.53. The number of benzene rings is 2. The highest BCUT2D eigenvalue weighted by molar-refractivity contribution is 6.63. The zero-order chi connectivity index (χ0) is 13.9. The quantitative estimate of drug-likeness (QED) is 0.587. The zero-order valence-corrected chi connectivity index (χ0v) is 11.6. The Morgan fingerprint density at radius 3 is 2.20 bits per heavy atom. The number of nitrogens with zero attached hydrogens (tertiary/aromatic N) is 1. The van der Waals surface area contributed by atoms with Crippen molar-refractivity contribution in [1.29, 1.82) is 0 Å². The predicted octanol–water partition coefficient (Wildman–Crippen LogP) is 4.49. The number of carbonyl (C=O) groups is 1. The van der Waals surface area contributed by atoms with Crippen LogP contribution in [-0.4, -0.2) is 16.8 Å². The van der Waals surface area contributed by atoms with Gasteiger partial charge in [0.1, 0.15) is 0 Å². The van der Waals surface area contributed by atoms with Gasteiger partial charge in [0.25, 0.3) is 0 Å². The standard InChI is InChI=1S/C17H14ClNO/c18-17(20)19-12-15(13-7-3-1-4-8-13)11-16(19)14-9-5-2-6-10-14/h1-11,16H,12H2/t16-/m0/s1. The summed E-state index contributed by atoms with van der Waals surface area (Å²) in [6, 6.07) is 19.9. The molecule has 100 valence electrons. The van der Waals surface area contributed by atoms with E-state index in [2.05, 4.69) is 18.2 Å². The van der Waals surface area contributed by atoms with Crippen molar-refractivity contribution in [3.63, 3.8) is 0 Å². The second-order valence-electron chi connectivity index (χ2n) is 4.79. The van der Waals surface area contributed by atoms with Gasteiger partial charge in [0, 0.05) is 6.54 Å². The molecule has 1 atom stereocenters. The van der Waals surface area contributed by atoms with Gasteiger partial charge in [-0.05, 0) is 28.3 Å². The SMILES string of the molecule is O=C(Cl)N1CC(c2ccccc2)=C[C@H]1c1ccccc1. The van der Waals surface area contributed by atoms with Crippen molar-refractivity contribution in [2.45, 2.75) is 6.04 Å². The average molecular weight is 284 g/mol. The maximum absolute atomic E-state index is 11.7. The van der Waals surface area contributed by atoms with Gasteiger partial charge in [0.05, 0.1) is 6.04 Å². The van der Waals surface area contributed by atoms with Gasteiger partial charge in [0.15, 0.2) is 0 Å². The molecule has 3 rings (SSSR count). The molecule has 1 heterocycles. The fraction of sp³-hybridized carbons (Fsp3) is 0.118. The van der Waals surface area contributed by atoms with Crippen LogP contribution in [0.5, 0.6) is 0 Å². The van der Waals surface area contributed by atoms with Gasteiger partial charge in [-0.2, -0.15) is 0 Å². The van der Waals surface area contributed by atoms with Gasteiger partial charge in [-0.3, -0.25) is 4.79 Å². The highest BCUT2D eigenvalue weighted by atomic mass is 35.5. The first-order chi connectivity index (χ1) is 9.75. The lowest BCUT2D eigenvalue weighted by Crippen LogP contribution is -2.26. The minimum absolute atomic E-state index is 0.0867. The number of amides is 1. The normalized spacial score (nSPS) is 17.9. The Hall–Kier alpha value is -2.06. The van der Waals surface area contributed by atoms with Crippen molar-refractivity contribution in [3.8, 4) is 0 Å². The Morgan fingerprint density at radius 2 is 1.60 bits per heavy atom. The summed E-state index contributed by atoms with van der Waals surface area (Å²) in [5, 5.41) is -0.416. The Balaban J connectivity index is 1.98. The van der Waals surface area contributed by atoms with Crippen LogP contribution in [0, 0.1) is 0 Å².